The van der Waals surface area contributed by atoms with Gasteiger partial charge in [-0.3, -0.25) is 14.4 Å². The summed E-state index contributed by atoms with van der Waals surface area (Å²) in [6, 6.07) is 19.6. The van der Waals surface area contributed by atoms with E-state index in [1.165, 1.54) is 31.2 Å². The molecular formula is C26H20O6. The second-order valence-electron chi connectivity index (χ2n) is 6.88. The molecule has 0 aromatic heterocycles. The molecule has 0 spiro atoms. The number of carbonyl (C=O) groups is 4. The summed E-state index contributed by atoms with van der Waals surface area (Å²) in [5, 5.41) is 0. The second-order valence-corrected chi connectivity index (χ2v) is 6.88. The summed E-state index contributed by atoms with van der Waals surface area (Å²) < 4.78 is 10.0. The zero-order chi connectivity index (χ0) is 23.1. The van der Waals surface area contributed by atoms with Gasteiger partial charge in [-0.1, -0.05) is 43.0 Å². The van der Waals surface area contributed by atoms with Gasteiger partial charge in [0.05, 0.1) is 0 Å². The molecule has 0 aliphatic heterocycles. The molecule has 0 N–H and O–H groups in total. The third-order valence-corrected chi connectivity index (χ3v) is 4.55. The average molecular weight is 428 g/mol. The van der Waals surface area contributed by atoms with Crippen LogP contribution in [0.25, 0.3) is 0 Å². The van der Waals surface area contributed by atoms with Crippen LogP contribution in [0.5, 0.6) is 11.5 Å². The number of hydrogen-bond acceptors (Lipinski definition) is 6. The summed E-state index contributed by atoms with van der Waals surface area (Å²) in [7, 11) is 0. The first-order chi connectivity index (χ1) is 15.4. The van der Waals surface area contributed by atoms with Crippen molar-refractivity contribution >= 4 is 23.5 Å². The lowest BCUT2D eigenvalue weighted by atomic mass is 9.94. The van der Waals surface area contributed by atoms with E-state index in [4.69, 9.17) is 9.47 Å². The van der Waals surface area contributed by atoms with Gasteiger partial charge in [0.15, 0.2) is 0 Å². The zero-order valence-corrected chi connectivity index (χ0v) is 17.4. The fourth-order valence-electron chi connectivity index (χ4n) is 3.04. The van der Waals surface area contributed by atoms with Crippen LogP contribution in [0, 0.1) is 0 Å². The van der Waals surface area contributed by atoms with E-state index in [1.54, 1.807) is 48.5 Å². The summed E-state index contributed by atoms with van der Waals surface area (Å²) in [5.41, 5.74) is 2.08. The lowest BCUT2D eigenvalue weighted by molar-refractivity contribution is -0.132. The van der Waals surface area contributed by atoms with Crippen molar-refractivity contribution in [3.8, 4) is 11.5 Å². The summed E-state index contributed by atoms with van der Waals surface area (Å²) in [6.45, 7) is 4.63. The first-order valence-electron chi connectivity index (χ1n) is 9.76. The molecule has 0 saturated carbocycles. The highest BCUT2D eigenvalue weighted by molar-refractivity contribution is 6.49. The van der Waals surface area contributed by atoms with Gasteiger partial charge in [-0.2, -0.15) is 0 Å². The van der Waals surface area contributed by atoms with Crippen molar-refractivity contribution < 1.29 is 28.7 Å². The first kappa shape index (κ1) is 22.4. The molecule has 0 radical (unpaired) electrons. The Balaban J connectivity index is 1.77. The molecule has 3 aromatic rings. The number of ketones is 2. The van der Waals surface area contributed by atoms with Crippen LogP contribution in [0.1, 0.15) is 38.8 Å². The Hall–Kier alpha value is -4.32. The summed E-state index contributed by atoms with van der Waals surface area (Å²) in [4.78, 5) is 48.0. The number of esters is 2. The van der Waals surface area contributed by atoms with Gasteiger partial charge < -0.3 is 9.47 Å². The maximum absolute atomic E-state index is 12.9. The summed E-state index contributed by atoms with van der Waals surface area (Å²) >= 11 is 0. The van der Waals surface area contributed by atoms with Crippen LogP contribution in [-0.2, 0) is 16.0 Å². The molecule has 3 rings (SSSR count). The molecule has 0 heterocycles. The van der Waals surface area contributed by atoms with Crippen LogP contribution in [0.15, 0.2) is 85.5 Å². The van der Waals surface area contributed by atoms with Gasteiger partial charge in [0.25, 0.3) is 0 Å². The Morgan fingerprint density at radius 3 is 2.00 bits per heavy atom. The van der Waals surface area contributed by atoms with Crippen LogP contribution >= 0.6 is 0 Å². The van der Waals surface area contributed by atoms with E-state index in [0.717, 1.165) is 11.6 Å². The lowest BCUT2D eigenvalue weighted by Gasteiger charge is -2.09. The van der Waals surface area contributed by atoms with Crippen molar-refractivity contribution in [2.75, 3.05) is 0 Å². The van der Waals surface area contributed by atoms with Gasteiger partial charge in [-0.05, 0) is 53.9 Å². The Kier molecular flexibility index (Phi) is 7.08. The number of carbonyl (C=O) groups excluding carboxylic acids is 4. The summed E-state index contributed by atoms with van der Waals surface area (Å²) in [5.74, 6) is -1.62. The van der Waals surface area contributed by atoms with E-state index >= 15 is 0 Å². The van der Waals surface area contributed by atoms with Crippen molar-refractivity contribution in [1.82, 2.24) is 0 Å². The van der Waals surface area contributed by atoms with Crippen molar-refractivity contribution in [3.63, 3.8) is 0 Å². The maximum Gasteiger partial charge on any atom is 0.335 e. The minimum absolute atomic E-state index is 0.203. The Morgan fingerprint density at radius 2 is 1.38 bits per heavy atom. The van der Waals surface area contributed by atoms with Crippen LogP contribution < -0.4 is 9.47 Å². The molecule has 3 aromatic carbocycles. The number of hydrogen-bond donors (Lipinski definition) is 0. The van der Waals surface area contributed by atoms with Crippen LogP contribution in [0.2, 0.25) is 0 Å². The number of benzene rings is 3. The van der Waals surface area contributed by atoms with E-state index in [2.05, 4.69) is 6.58 Å². The maximum atomic E-state index is 12.9. The monoisotopic (exact) mass is 428 g/mol. The molecular weight excluding hydrogens is 408 g/mol. The Labute approximate surface area is 185 Å². The molecule has 0 bridgehead atoms. The predicted octanol–water partition coefficient (Wildman–Crippen LogP) is 4.36. The molecule has 0 amide bonds. The smallest absolute Gasteiger partial charge is 0.335 e. The predicted molar refractivity (Wildman–Crippen MR) is 118 cm³/mol. The standard InChI is InChI=1S/C26H20O6/c1-3-24(28)32-22-12-8-18(9-13-22)16-20-6-4-5-7-23(20)26(30)25(29)19-10-14-21(15-11-19)31-17(2)27/h3-15H,1,16H2,2H3. The molecule has 160 valence electrons. The van der Waals surface area contributed by atoms with Crippen molar-refractivity contribution in [1.29, 1.82) is 0 Å². The fourth-order valence-corrected chi connectivity index (χ4v) is 3.04. The number of Topliss-reactive ketones (excluding diaryl/α,β-unsaturated/α-hetero) is 2. The third-order valence-electron chi connectivity index (χ3n) is 4.55. The molecule has 32 heavy (non-hydrogen) atoms. The second kappa shape index (κ2) is 10.1. The quantitative estimate of drug-likeness (QED) is 0.174. The molecule has 0 aliphatic rings. The van der Waals surface area contributed by atoms with Gasteiger partial charge in [-0.25, -0.2) is 4.79 Å². The Bertz CT molecular complexity index is 1170. The minimum atomic E-state index is -0.654. The fraction of sp³-hybridized carbons (Fsp3) is 0.0769. The highest BCUT2D eigenvalue weighted by atomic mass is 16.5. The van der Waals surface area contributed by atoms with E-state index in [-0.39, 0.29) is 5.56 Å². The van der Waals surface area contributed by atoms with Crippen LogP contribution in [0.3, 0.4) is 0 Å². The van der Waals surface area contributed by atoms with Crippen molar-refractivity contribution in [3.05, 3.63) is 108 Å². The molecule has 6 nitrogen and oxygen atoms in total. The SMILES string of the molecule is C=CC(=O)Oc1ccc(Cc2ccccc2C(=O)C(=O)c2ccc(OC(C)=O)cc2)cc1. The van der Waals surface area contributed by atoms with Crippen LogP contribution in [-0.4, -0.2) is 23.5 Å². The van der Waals surface area contributed by atoms with E-state index in [9.17, 15) is 19.2 Å². The highest BCUT2D eigenvalue weighted by Crippen LogP contribution is 2.20. The van der Waals surface area contributed by atoms with E-state index in [1.807, 2.05) is 0 Å². The molecule has 0 aliphatic carbocycles. The van der Waals surface area contributed by atoms with Crippen molar-refractivity contribution in [2.24, 2.45) is 0 Å². The normalized spacial score (nSPS) is 10.2. The van der Waals surface area contributed by atoms with Gasteiger partial charge in [-0.15, -0.1) is 0 Å². The first-order valence-corrected chi connectivity index (χ1v) is 9.76. The third kappa shape index (κ3) is 5.64. The molecule has 0 fully saturated rings. The van der Waals surface area contributed by atoms with Crippen molar-refractivity contribution in [2.45, 2.75) is 13.3 Å². The van der Waals surface area contributed by atoms with Crippen LogP contribution in [0.4, 0.5) is 0 Å². The van der Waals surface area contributed by atoms with Gasteiger partial charge >= 0.3 is 11.9 Å². The lowest BCUT2D eigenvalue weighted by Crippen LogP contribution is -2.16. The molecule has 0 atom stereocenters. The topological polar surface area (TPSA) is 86.7 Å². The molecule has 0 unspecified atom stereocenters. The number of rotatable bonds is 8. The zero-order valence-electron chi connectivity index (χ0n) is 17.4. The summed E-state index contributed by atoms with van der Waals surface area (Å²) in [6.07, 6.45) is 1.49. The minimum Gasteiger partial charge on any atom is -0.427 e. The molecule has 0 saturated heterocycles. The molecule has 6 heteroatoms. The van der Waals surface area contributed by atoms with Gasteiger partial charge in [0, 0.05) is 24.1 Å². The highest BCUT2D eigenvalue weighted by Gasteiger charge is 2.21. The Morgan fingerprint density at radius 1 is 0.781 bits per heavy atom. The largest absolute Gasteiger partial charge is 0.427 e. The average Bonchev–Trinajstić information content (AvgIpc) is 2.80. The van der Waals surface area contributed by atoms with E-state index < -0.39 is 23.5 Å². The van der Waals surface area contributed by atoms with Gasteiger partial charge in [0.2, 0.25) is 11.6 Å². The van der Waals surface area contributed by atoms with E-state index in [0.29, 0.717) is 29.0 Å². The van der Waals surface area contributed by atoms with Gasteiger partial charge in [0.1, 0.15) is 11.5 Å². The number of ether oxygens (including phenoxy) is 2.